The van der Waals surface area contributed by atoms with E-state index in [1.165, 1.54) is 24.3 Å². The molecule has 7 heteroatoms. The highest BCUT2D eigenvalue weighted by Gasteiger charge is 2.35. The van der Waals surface area contributed by atoms with Crippen LogP contribution in [-0.2, 0) is 24.1 Å². The molecule has 108 valence electrons. The van der Waals surface area contributed by atoms with E-state index < -0.39 is 27.9 Å². The number of carbonyl (C=O) groups excluding carboxylic acids is 2. The summed E-state index contributed by atoms with van der Waals surface area (Å²) in [6, 6.07) is 5.34. The van der Waals surface area contributed by atoms with Crippen molar-refractivity contribution < 1.29 is 27.5 Å². The number of rotatable bonds is 3. The normalized spacial score (nSPS) is 22.4. The predicted octanol–water partition coefficient (Wildman–Crippen LogP) is 0.951. The van der Waals surface area contributed by atoms with Crippen molar-refractivity contribution >= 4 is 21.8 Å². The van der Waals surface area contributed by atoms with Gasteiger partial charge in [0.05, 0.1) is 10.5 Å². The van der Waals surface area contributed by atoms with Gasteiger partial charge in [0.1, 0.15) is 6.10 Å². The Kier molecular flexibility index (Phi) is 3.80. The van der Waals surface area contributed by atoms with Gasteiger partial charge in [-0.25, -0.2) is 18.0 Å². The second-order valence-electron chi connectivity index (χ2n) is 4.67. The zero-order chi connectivity index (χ0) is 14.9. The highest BCUT2D eigenvalue weighted by molar-refractivity contribution is 7.90. The fourth-order valence-electron chi connectivity index (χ4n) is 1.85. The van der Waals surface area contributed by atoms with E-state index >= 15 is 0 Å². The van der Waals surface area contributed by atoms with Crippen LogP contribution in [-0.4, -0.2) is 38.8 Å². The smallest absolute Gasteiger partial charge is 0.347 e. The molecule has 1 aliphatic heterocycles. The number of sulfone groups is 1. The monoisotopic (exact) mass is 298 g/mol. The van der Waals surface area contributed by atoms with Crippen LogP contribution in [0.2, 0.25) is 0 Å². The van der Waals surface area contributed by atoms with E-state index in [1.54, 1.807) is 6.92 Å². The number of cyclic esters (lactones) is 1. The van der Waals surface area contributed by atoms with Crippen molar-refractivity contribution in [1.82, 2.24) is 0 Å². The first-order valence-corrected chi connectivity index (χ1v) is 7.88. The molecule has 1 aliphatic rings. The molecule has 0 radical (unpaired) electrons. The number of hydrogen-bond donors (Lipinski definition) is 0. The fourth-order valence-corrected chi connectivity index (χ4v) is 2.48. The lowest BCUT2D eigenvalue weighted by Gasteiger charge is -2.08. The maximum absolute atomic E-state index is 11.8. The van der Waals surface area contributed by atoms with Crippen LogP contribution in [0.25, 0.3) is 0 Å². The topological polar surface area (TPSA) is 86.7 Å². The molecule has 2 atom stereocenters. The van der Waals surface area contributed by atoms with Crippen LogP contribution >= 0.6 is 0 Å². The van der Waals surface area contributed by atoms with Crippen LogP contribution < -0.4 is 0 Å². The minimum Gasteiger partial charge on any atom is -0.460 e. The second kappa shape index (κ2) is 5.24. The maximum Gasteiger partial charge on any atom is 0.347 e. The van der Waals surface area contributed by atoms with Gasteiger partial charge >= 0.3 is 11.9 Å². The molecular formula is C13H14O6S. The minimum absolute atomic E-state index is 0.114. The molecule has 0 amide bonds. The summed E-state index contributed by atoms with van der Waals surface area (Å²) in [6.07, 6.45) is 0.238. The van der Waals surface area contributed by atoms with Crippen LogP contribution in [0.4, 0.5) is 0 Å². The van der Waals surface area contributed by atoms with Crippen molar-refractivity contribution in [2.75, 3.05) is 6.26 Å². The van der Waals surface area contributed by atoms with Crippen molar-refractivity contribution in [2.24, 2.45) is 0 Å². The van der Waals surface area contributed by atoms with Crippen LogP contribution in [0.1, 0.15) is 23.7 Å². The number of hydrogen-bond acceptors (Lipinski definition) is 6. The lowest BCUT2D eigenvalue weighted by molar-refractivity contribution is -0.147. The molecule has 6 nitrogen and oxygen atoms in total. The Labute approximate surface area is 116 Å². The molecule has 1 aromatic rings. The van der Waals surface area contributed by atoms with Gasteiger partial charge in [-0.1, -0.05) is 0 Å². The van der Waals surface area contributed by atoms with Gasteiger partial charge < -0.3 is 9.47 Å². The first-order valence-electron chi connectivity index (χ1n) is 5.99. The number of ether oxygens (including phenoxy) is 2. The lowest BCUT2D eigenvalue weighted by atomic mass is 10.2. The minimum atomic E-state index is -3.31. The molecule has 1 aromatic carbocycles. The van der Waals surface area contributed by atoms with E-state index in [0.29, 0.717) is 6.42 Å². The highest BCUT2D eigenvalue weighted by Crippen LogP contribution is 2.19. The van der Waals surface area contributed by atoms with Crippen LogP contribution in [0.5, 0.6) is 0 Å². The Bertz CT molecular complexity index is 631. The first kappa shape index (κ1) is 14.5. The summed E-state index contributed by atoms with van der Waals surface area (Å²) in [6.45, 7) is 1.71. The Balaban J connectivity index is 2.08. The Morgan fingerprint density at radius 3 is 2.35 bits per heavy atom. The SMILES string of the molecule is C[C@@H]1C[C@@H](OC(=O)c2ccc(S(C)(=O)=O)cc2)C(=O)O1. The quantitative estimate of drug-likeness (QED) is 0.772. The summed E-state index contributed by atoms with van der Waals surface area (Å²) in [4.78, 5) is 23.3. The molecule has 1 fully saturated rings. The molecule has 20 heavy (non-hydrogen) atoms. The molecule has 1 heterocycles. The molecule has 2 rings (SSSR count). The van der Waals surface area contributed by atoms with Crippen molar-refractivity contribution in [3.8, 4) is 0 Å². The van der Waals surface area contributed by atoms with Crippen molar-refractivity contribution in [2.45, 2.75) is 30.4 Å². The van der Waals surface area contributed by atoms with Crippen LogP contribution in [0, 0.1) is 0 Å². The summed E-state index contributed by atoms with van der Waals surface area (Å²) < 4.78 is 32.5. The van der Waals surface area contributed by atoms with Crippen molar-refractivity contribution in [1.29, 1.82) is 0 Å². The van der Waals surface area contributed by atoms with Gasteiger partial charge in [-0.05, 0) is 31.2 Å². The summed E-state index contributed by atoms with van der Waals surface area (Å²) in [7, 11) is -3.31. The third-order valence-electron chi connectivity index (χ3n) is 2.89. The van der Waals surface area contributed by atoms with Crippen LogP contribution in [0.15, 0.2) is 29.2 Å². The van der Waals surface area contributed by atoms with E-state index in [-0.39, 0.29) is 16.6 Å². The summed E-state index contributed by atoms with van der Waals surface area (Å²) in [5, 5.41) is 0. The maximum atomic E-state index is 11.8. The van der Waals surface area contributed by atoms with Gasteiger partial charge in [-0.15, -0.1) is 0 Å². The molecular weight excluding hydrogens is 284 g/mol. The molecule has 0 spiro atoms. The third-order valence-corrected chi connectivity index (χ3v) is 4.02. The number of benzene rings is 1. The molecule has 0 N–H and O–H groups in total. The fraction of sp³-hybridized carbons (Fsp3) is 0.385. The van der Waals surface area contributed by atoms with E-state index in [1.807, 2.05) is 0 Å². The molecule has 0 saturated carbocycles. The standard InChI is InChI=1S/C13H14O6S/c1-8-7-11(13(15)18-8)19-12(14)9-3-5-10(6-4-9)20(2,16)17/h3-6,8,11H,7H2,1-2H3/t8-,11-/m1/s1. The summed E-state index contributed by atoms with van der Waals surface area (Å²) in [5.41, 5.74) is 0.185. The molecule has 0 bridgehead atoms. The van der Waals surface area contributed by atoms with Gasteiger partial charge in [0.2, 0.25) is 6.10 Å². The average Bonchev–Trinajstić information content (AvgIpc) is 2.67. The van der Waals surface area contributed by atoms with E-state index in [4.69, 9.17) is 9.47 Å². The third kappa shape index (κ3) is 3.16. The summed E-state index contributed by atoms with van der Waals surface area (Å²) in [5.74, 6) is -1.24. The van der Waals surface area contributed by atoms with E-state index in [2.05, 4.69) is 0 Å². The van der Waals surface area contributed by atoms with Crippen molar-refractivity contribution in [3.63, 3.8) is 0 Å². The van der Waals surface area contributed by atoms with E-state index in [0.717, 1.165) is 6.26 Å². The van der Waals surface area contributed by atoms with Crippen molar-refractivity contribution in [3.05, 3.63) is 29.8 Å². The predicted molar refractivity (Wildman–Crippen MR) is 68.9 cm³/mol. The van der Waals surface area contributed by atoms with Gasteiger partial charge in [0.25, 0.3) is 0 Å². The van der Waals surface area contributed by atoms with Crippen LogP contribution in [0.3, 0.4) is 0 Å². The second-order valence-corrected chi connectivity index (χ2v) is 6.69. The molecule has 0 aliphatic carbocycles. The van der Waals surface area contributed by atoms with Gasteiger partial charge in [0, 0.05) is 12.7 Å². The largest absolute Gasteiger partial charge is 0.460 e. The molecule has 1 saturated heterocycles. The summed E-state index contributed by atoms with van der Waals surface area (Å²) >= 11 is 0. The number of carbonyl (C=O) groups is 2. The highest BCUT2D eigenvalue weighted by atomic mass is 32.2. The number of esters is 2. The zero-order valence-electron chi connectivity index (χ0n) is 11.0. The van der Waals surface area contributed by atoms with Gasteiger partial charge in [0.15, 0.2) is 9.84 Å². The lowest BCUT2D eigenvalue weighted by Crippen LogP contribution is -2.22. The Hall–Kier alpha value is -1.89. The zero-order valence-corrected chi connectivity index (χ0v) is 11.8. The Morgan fingerprint density at radius 1 is 1.30 bits per heavy atom. The van der Waals surface area contributed by atoms with Gasteiger partial charge in [-0.2, -0.15) is 0 Å². The Morgan fingerprint density at radius 2 is 1.90 bits per heavy atom. The van der Waals surface area contributed by atoms with E-state index in [9.17, 15) is 18.0 Å². The molecule has 0 aromatic heterocycles. The van der Waals surface area contributed by atoms with Gasteiger partial charge in [-0.3, -0.25) is 0 Å². The first-order chi connectivity index (χ1) is 9.27. The average molecular weight is 298 g/mol. The molecule has 0 unspecified atom stereocenters.